The molecule has 0 aliphatic carbocycles. The summed E-state index contributed by atoms with van der Waals surface area (Å²) >= 11 is 0. The van der Waals surface area contributed by atoms with Crippen molar-refractivity contribution in [1.82, 2.24) is 0 Å². The van der Waals surface area contributed by atoms with E-state index in [4.69, 9.17) is 9.47 Å². The van der Waals surface area contributed by atoms with E-state index in [-0.39, 0.29) is 5.75 Å². The lowest BCUT2D eigenvalue weighted by molar-refractivity contribution is -0.142. The standard InChI is InChI=1S/C15H19NO5/c1-15(2,3)21-14(19)16-11-8-10(17)6-5-9(11)7-12(16)13(18)20-4/h5-6,8,12,17H,7H2,1-4H3/t12-/m0/s1. The largest absolute Gasteiger partial charge is 0.508 e. The lowest BCUT2D eigenvalue weighted by Gasteiger charge is -2.27. The van der Waals surface area contributed by atoms with Crippen molar-refractivity contribution in [3.63, 3.8) is 0 Å². The Kier molecular flexibility index (Phi) is 3.80. The third-order valence-electron chi connectivity index (χ3n) is 3.12. The first-order valence-corrected chi connectivity index (χ1v) is 6.65. The van der Waals surface area contributed by atoms with Crippen LogP contribution in [0.4, 0.5) is 10.5 Å². The van der Waals surface area contributed by atoms with Crippen LogP contribution in [0.15, 0.2) is 18.2 Å². The number of carbonyl (C=O) groups is 2. The lowest BCUT2D eigenvalue weighted by atomic mass is 10.1. The van der Waals surface area contributed by atoms with Gasteiger partial charge in [-0.1, -0.05) is 6.07 Å². The second-order valence-electron chi connectivity index (χ2n) is 5.91. The number of hydrogen-bond acceptors (Lipinski definition) is 5. The fraction of sp³-hybridized carbons (Fsp3) is 0.467. The molecule has 0 saturated heterocycles. The van der Waals surface area contributed by atoms with Gasteiger partial charge in [0.15, 0.2) is 0 Å². The number of anilines is 1. The number of benzene rings is 1. The number of phenols is 1. The molecule has 0 fully saturated rings. The molecular weight excluding hydrogens is 274 g/mol. The Morgan fingerprint density at radius 3 is 2.57 bits per heavy atom. The van der Waals surface area contributed by atoms with Gasteiger partial charge in [0.05, 0.1) is 12.8 Å². The monoisotopic (exact) mass is 293 g/mol. The summed E-state index contributed by atoms with van der Waals surface area (Å²) in [4.78, 5) is 25.5. The molecule has 1 atom stereocenters. The number of hydrogen-bond donors (Lipinski definition) is 1. The molecule has 0 unspecified atom stereocenters. The number of fused-ring (bicyclic) bond motifs is 1. The minimum absolute atomic E-state index is 0.0211. The smallest absolute Gasteiger partial charge is 0.415 e. The van der Waals surface area contributed by atoms with Crippen LogP contribution in [0.25, 0.3) is 0 Å². The van der Waals surface area contributed by atoms with Crippen LogP contribution in [0.1, 0.15) is 26.3 Å². The summed E-state index contributed by atoms with van der Waals surface area (Å²) < 4.78 is 10.1. The molecule has 6 nitrogen and oxygen atoms in total. The zero-order chi connectivity index (χ0) is 15.8. The highest BCUT2D eigenvalue weighted by Crippen LogP contribution is 2.36. The summed E-state index contributed by atoms with van der Waals surface area (Å²) in [6.45, 7) is 5.24. The minimum Gasteiger partial charge on any atom is -0.508 e. The molecule has 1 aliphatic rings. The van der Waals surface area contributed by atoms with Gasteiger partial charge < -0.3 is 14.6 Å². The van der Waals surface area contributed by atoms with E-state index in [1.807, 2.05) is 0 Å². The van der Waals surface area contributed by atoms with Gasteiger partial charge in [0.2, 0.25) is 0 Å². The second-order valence-corrected chi connectivity index (χ2v) is 5.91. The first-order chi connectivity index (χ1) is 9.73. The van der Waals surface area contributed by atoms with Gasteiger partial charge in [-0.15, -0.1) is 0 Å². The molecule has 1 aliphatic heterocycles. The number of rotatable bonds is 1. The molecule has 21 heavy (non-hydrogen) atoms. The predicted molar refractivity (Wildman–Crippen MR) is 76.3 cm³/mol. The zero-order valence-corrected chi connectivity index (χ0v) is 12.5. The molecule has 0 radical (unpaired) electrons. The van der Waals surface area contributed by atoms with E-state index >= 15 is 0 Å². The molecule has 114 valence electrons. The maximum atomic E-state index is 12.4. The Labute approximate surface area is 123 Å². The lowest BCUT2D eigenvalue weighted by Crippen LogP contribution is -2.45. The zero-order valence-electron chi connectivity index (χ0n) is 12.5. The number of methoxy groups -OCH3 is 1. The summed E-state index contributed by atoms with van der Waals surface area (Å²) in [5.74, 6) is -0.496. The van der Waals surface area contributed by atoms with E-state index < -0.39 is 23.7 Å². The van der Waals surface area contributed by atoms with Gasteiger partial charge in [0.1, 0.15) is 17.4 Å². The Hall–Kier alpha value is -2.24. The number of carbonyl (C=O) groups excluding carboxylic acids is 2. The summed E-state index contributed by atoms with van der Waals surface area (Å²) in [7, 11) is 1.27. The van der Waals surface area contributed by atoms with E-state index in [0.717, 1.165) is 5.56 Å². The molecular formula is C15H19NO5. The van der Waals surface area contributed by atoms with Gasteiger partial charge in [-0.3, -0.25) is 4.90 Å². The van der Waals surface area contributed by atoms with Crippen LogP contribution < -0.4 is 4.90 Å². The normalized spacial score (nSPS) is 17.3. The molecule has 0 saturated carbocycles. The predicted octanol–water partition coefficient (Wildman–Crippen LogP) is 2.23. The van der Waals surface area contributed by atoms with Crippen LogP contribution in [0.3, 0.4) is 0 Å². The quantitative estimate of drug-likeness (QED) is 0.804. The van der Waals surface area contributed by atoms with Crippen molar-refractivity contribution >= 4 is 17.7 Å². The van der Waals surface area contributed by atoms with Crippen LogP contribution >= 0.6 is 0 Å². The molecule has 1 heterocycles. The fourth-order valence-electron chi connectivity index (χ4n) is 2.28. The Morgan fingerprint density at radius 2 is 2.00 bits per heavy atom. The molecule has 1 aromatic rings. The molecule has 2 rings (SSSR count). The number of amides is 1. The number of aromatic hydroxyl groups is 1. The van der Waals surface area contributed by atoms with E-state index in [1.54, 1.807) is 26.8 Å². The van der Waals surface area contributed by atoms with E-state index in [1.165, 1.54) is 24.1 Å². The maximum Gasteiger partial charge on any atom is 0.415 e. The Morgan fingerprint density at radius 1 is 1.33 bits per heavy atom. The number of ether oxygens (including phenoxy) is 2. The molecule has 0 spiro atoms. The number of nitrogens with zero attached hydrogens (tertiary/aromatic N) is 1. The van der Waals surface area contributed by atoms with Gasteiger partial charge in [-0.2, -0.15) is 0 Å². The fourth-order valence-corrected chi connectivity index (χ4v) is 2.28. The van der Waals surface area contributed by atoms with Gasteiger partial charge in [0.25, 0.3) is 0 Å². The molecule has 1 amide bonds. The highest BCUT2D eigenvalue weighted by molar-refractivity contribution is 5.99. The van der Waals surface area contributed by atoms with Crippen molar-refractivity contribution in [2.75, 3.05) is 12.0 Å². The van der Waals surface area contributed by atoms with E-state index in [9.17, 15) is 14.7 Å². The molecule has 1 N–H and O–H groups in total. The Bertz CT molecular complexity index is 576. The average Bonchev–Trinajstić information content (AvgIpc) is 2.74. The van der Waals surface area contributed by atoms with Crippen molar-refractivity contribution in [3.05, 3.63) is 23.8 Å². The highest BCUT2D eigenvalue weighted by Gasteiger charge is 2.41. The van der Waals surface area contributed by atoms with Gasteiger partial charge in [-0.25, -0.2) is 9.59 Å². The number of phenolic OH excluding ortho intramolecular Hbond substituents is 1. The topological polar surface area (TPSA) is 76.1 Å². The van der Waals surface area contributed by atoms with E-state index in [2.05, 4.69) is 0 Å². The third kappa shape index (κ3) is 3.09. The van der Waals surface area contributed by atoms with Crippen molar-refractivity contribution in [3.8, 4) is 5.75 Å². The van der Waals surface area contributed by atoms with Gasteiger partial charge in [0, 0.05) is 12.5 Å². The molecule has 0 aromatic heterocycles. The summed E-state index contributed by atoms with van der Waals surface area (Å²) in [6, 6.07) is 3.88. The van der Waals surface area contributed by atoms with E-state index in [0.29, 0.717) is 12.1 Å². The van der Waals surface area contributed by atoms with Crippen LogP contribution in [0.2, 0.25) is 0 Å². The summed E-state index contributed by atoms with van der Waals surface area (Å²) in [5.41, 5.74) is 0.575. The van der Waals surface area contributed by atoms with Crippen molar-refractivity contribution in [2.45, 2.75) is 38.8 Å². The second kappa shape index (κ2) is 5.27. The number of esters is 1. The van der Waals surface area contributed by atoms with Crippen LogP contribution in [0, 0.1) is 0 Å². The third-order valence-corrected chi connectivity index (χ3v) is 3.12. The average molecular weight is 293 g/mol. The van der Waals surface area contributed by atoms with Crippen molar-refractivity contribution < 1.29 is 24.2 Å². The van der Waals surface area contributed by atoms with Crippen LogP contribution in [-0.4, -0.2) is 35.9 Å². The maximum absolute atomic E-state index is 12.4. The Balaban J connectivity index is 2.39. The summed E-state index contributed by atoms with van der Waals surface area (Å²) in [6.07, 6.45) is -0.302. The van der Waals surface area contributed by atoms with Crippen molar-refractivity contribution in [2.24, 2.45) is 0 Å². The first-order valence-electron chi connectivity index (χ1n) is 6.65. The molecule has 0 bridgehead atoms. The summed E-state index contributed by atoms with van der Waals surface area (Å²) in [5, 5.41) is 9.62. The van der Waals surface area contributed by atoms with Crippen molar-refractivity contribution in [1.29, 1.82) is 0 Å². The highest BCUT2D eigenvalue weighted by atomic mass is 16.6. The van der Waals surface area contributed by atoms with Gasteiger partial charge >= 0.3 is 12.1 Å². The molecule has 6 heteroatoms. The van der Waals surface area contributed by atoms with Crippen LogP contribution in [-0.2, 0) is 20.7 Å². The first kappa shape index (κ1) is 15.2. The minimum atomic E-state index is -0.776. The SMILES string of the molecule is COC(=O)[C@@H]1Cc2ccc(O)cc2N1C(=O)OC(C)(C)C. The van der Waals surface area contributed by atoms with Gasteiger partial charge in [-0.05, 0) is 32.4 Å². The van der Waals surface area contributed by atoms with Crippen LogP contribution in [0.5, 0.6) is 5.75 Å². The molecule has 1 aromatic carbocycles.